The molecule has 5 atom stereocenters. The van der Waals surface area contributed by atoms with Gasteiger partial charge in [0.15, 0.2) is 0 Å². The number of unbranched alkanes of at least 4 members (excludes halogenated alkanes) is 1. The highest BCUT2D eigenvalue weighted by Gasteiger charge is 2.49. The summed E-state index contributed by atoms with van der Waals surface area (Å²) in [6.45, 7) is 0.888. The molecular formula is C21H32N3O11P. The molecule has 0 aliphatic carbocycles. The number of nitrogens with one attached hydrogen (secondary N) is 3. The second-order valence-corrected chi connectivity index (χ2v) is 9.61. The number of aliphatic hydroxyl groups excluding tert-OH is 2. The molecule has 1 aromatic rings. The predicted molar refractivity (Wildman–Crippen MR) is 123 cm³/mol. The van der Waals surface area contributed by atoms with Crippen molar-refractivity contribution in [2.24, 2.45) is 0 Å². The molecule has 8 N–H and O–H groups in total. The molecule has 1 fully saturated rings. The molecule has 1 heterocycles. The van der Waals surface area contributed by atoms with Gasteiger partial charge in [-0.05, 0) is 44.9 Å². The highest BCUT2D eigenvalue weighted by molar-refractivity contribution is 7.46. The molecule has 36 heavy (non-hydrogen) atoms. The Labute approximate surface area is 207 Å². The third-order valence-electron chi connectivity index (χ3n) is 5.54. The predicted octanol–water partition coefficient (Wildman–Crippen LogP) is -1.31. The lowest BCUT2D eigenvalue weighted by Gasteiger charge is -2.45. The van der Waals surface area contributed by atoms with Gasteiger partial charge in [0, 0.05) is 5.56 Å². The van der Waals surface area contributed by atoms with E-state index in [-0.39, 0.29) is 19.6 Å². The lowest BCUT2D eigenvalue weighted by Crippen LogP contribution is -2.66. The van der Waals surface area contributed by atoms with Crippen LogP contribution < -0.4 is 16.0 Å². The van der Waals surface area contributed by atoms with Crippen molar-refractivity contribution in [1.82, 2.24) is 16.0 Å². The van der Waals surface area contributed by atoms with Gasteiger partial charge in [0.1, 0.15) is 30.1 Å². The molecule has 0 aromatic heterocycles. The first-order valence-electron chi connectivity index (χ1n) is 11.2. The van der Waals surface area contributed by atoms with E-state index in [2.05, 4.69) is 20.5 Å². The Morgan fingerprint density at radius 1 is 1.19 bits per heavy atom. The van der Waals surface area contributed by atoms with Crippen molar-refractivity contribution >= 4 is 25.6 Å². The largest absolute Gasteiger partial charge is 0.480 e. The summed E-state index contributed by atoms with van der Waals surface area (Å²) in [7, 11) is -4.98. The molecule has 2 rings (SSSR count). The van der Waals surface area contributed by atoms with Gasteiger partial charge in [-0.15, -0.1) is 0 Å². The van der Waals surface area contributed by atoms with Crippen molar-refractivity contribution in [3.8, 4) is 0 Å². The van der Waals surface area contributed by atoms with Crippen LogP contribution in [-0.4, -0.2) is 92.7 Å². The average Bonchev–Trinajstić information content (AvgIpc) is 2.82. The summed E-state index contributed by atoms with van der Waals surface area (Å²) < 4.78 is 21.0. The zero-order valence-corrected chi connectivity index (χ0v) is 20.5. The molecule has 0 spiro atoms. The zero-order valence-electron chi connectivity index (χ0n) is 19.6. The summed E-state index contributed by atoms with van der Waals surface area (Å²) in [6.07, 6.45) is -3.85. The van der Waals surface area contributed by atoms with Crippen LogP contribution >= 0.6 is 7.82 Å². The van der Waals surface area contributed by atoms with Gasteiger partial charge in [-0.3, -0.25) is 19.4 Å². The molecule has 14 nitrogen and oxygen atoms in total. The number of amides is 2. The first-order valence-corrected chi connectivity index (χ1v) is 12.7. The zero-order chi connectivity index (χ0) is 26.9. The van der Waals surface area contributed by atoms with Crippen molar-refractivity contribution in [2.45, 2.75) is 56.3 Å². The van der Waals surface area contributed by atoms with Crippen LogP contribution in [0.1, 0.15) is 36.5 Å². The topological polar surface area (TPSA) is 224 Å². The maximum absolute atomic E-state index is 12.1. The molecule has 2 amide bonds. The van der Waals surface area contributed by atoms with Gasteiger partial charge < -0.3 is 40.5 Å². The summed E-state index contributed by atoms with van der Waals surface area (Å²) >= 11 is 0. The van der Waals surface area contributed by atoms with E-state index in [1.165, 1.54) is 6.92 Å². The minimum atomic E-state index is -4.98. The first-order chi connectivity index (χ1) is 16.8. The van der Waals surface area contributed by atoms with Gasteiger partial charge >= 0.3 is 13.8 Å². The number of aliphatic hydroxyl groups is 2. The Kier molecular flexibility index (Phi) is 10.9. The maximum Gasteiger partial charge on any atom is 0.470 e. The van der Waals surface area contributed by atoms with Crippen LogP contribution in [-0.2, 0) is 23.4 Å². The van der Waals surface area contributed by atoms with E-state index >= 15 is 0 Å². The van der Waals surface area contributed by atoms with Crippen LogP contribution in [0.4, 0.5) is 0 Å². The number of carbonyl (C=O) groups is 3. The highest BCUT2D eigenvalue weighted by Crippen LogP contribution is 2.41. The normalized spacial score (nSPS) is 25.1. The summed E-state index contributed by atoms with van der Waals surface area (Å²) in [5.74, 6) is -2.37. The Balaban J connectivity index is 1.76. The molecule has 0 saturated carbocycles. The average molecular weight is 533 g/mol. The standard InChI is InChI=1S/C21H32N3O11P/c1-21(18(27)17(15(25)12-34-21)35-36(31,32)33)23-10-6-5-9-14(20(29)30)24-16(26)11-22-19(28)13-7-3-2-4-8-13/h2-4,7-8,14-15,17-18,23,25,27H,5-6,9-12H2,1H3,(H,22,28)(H,24,26)(H,29,30)(H2,31,32,33)/t14-,15+,17+,18-,21+/m0/s1. The second kappa shape index (κ2) is 13.2. The van der Waals surface area contributed by atoms with E-state index in [0.29, 0.717) is 18.4 Å². The van der Waals surface area contributed by atoms with Crippen LogP contribution in [0, 0.1) is 0 Å². The molecule has 0 bridgehead atoms. The third-order valence-corrected chi connectivity index (χ3v) is 6.06. The molecular weight excluding hydrogens is 501 g/mol. The minimum absolute atomic E-state index is 0.0815. The van der Waals surface area contributed by atoms with Gasteiger partial charge in [-0.1, -0.05) is 18.2 Å². The quantitative estimate of drug-likeness (QED) is 0.109. The number of carboxylic acids is 1. The fourth-order valence-electron chi connectivity index (χ4n) is 3.57. The molecule has 1 aliphatic rings. The van der Waals surface area contributed by atoms with E-state index in [1.807, 2.05) is 0 Å². The maximum atomic E-state index is 12.1. The van der Waals surface area contributed by atoms with Crippen LogP contribution in [0.2, 0.25) is 0 Å². The van der Waals surface area contributed by atoms with Crippen molar-refractivity contribution in [1.29, 1.82) is 0 Å². The SMILES string of the molecule is C[C@@]1(NCCCC[C@H](NC(=O)CNC(=O)c2ccccc2)C(=O)O)OC[C@@H](O)[C@@H](OP(=O)(O)O)[C@@H]1O. The number of carboxylic acid groups (broad SMARTS) is 1. The Morgan fingerprint density at radius 2 is 1.86 bits per heavy atom. The number of carbonyl (C=O) groups excluding carboxylic acids is 2. The number of rotatable bonds is 13. The van der Waals surface area contributed by atoms with E-state index in [1.54, 1.807) is 30.3 Å². The Bertz CT molecular complexity index is 944. The second-order valence-electron chi connectivity index (χ2n) is 8.42. The molecule has 15 heteroatoms. The Hall–Kier alpha value is -2.42. The van der Waals surface area contributed by atoms with Gasteiger partial charge in [-0.2, -0.15) is 0 Å². The summed E-state index contributed by atoms with van der Waals surface area (Å²) in [5.41, 5.74) is -1.13. The molecule has 0 unspecified atom stereocenters. The van der Waals surface area contributed by atoms with Crippen molar-refractivity contribution < 1.29 is 53.3 Å². The number of hydrogen-bond donors (Lipinski definition) is 8. The number of aliphatic carboxylic acids is 1. The fraction of sp³-hybridized carbons (Fsp3) is 0.571. The number of phosphoric acid groups is 1. The Morgan fingerprint density at radius 3 is 2.47 bits per heavy atom. The van der Waals surface area contributed by atoms with Crippen LogP contribution in [0.25, 0.3) is 0 Å². The van der Waals surface area contributed by atoms with Gasteiger partial charge in [0.05, 0.1) is 13.2 Å². The number of ether oxygens (including phenoxy) is 1. The highest BCUT2D eigenvalue weighted by atomic mass is 31.2. The third kappa shape index (κ3) is 9.22. The molecule has 1 saturated heterocycles. The lowest BCUT2D eigenvalue weighted by atomic mass is 9.95. The van der Waals surface area contributed by atoms with Gasteiger partial charge in [-0.25, -0.2) is 9.36 Å². The van der Waals surface area contributed by atoms with Crippen LogP contribution in [0.5, 0.6) is 0 Å². The van der Waals surface area contributed by atoms with E-state index in [0.717, 1.165) is 0 Å². The van der Waals surface area contributed by atoms with E-state index in [4.69, 9.17) is 14.5 Å². The summed E-state index contributed by atoms with van der Waals surface area (Å²) in [4.78, 5) is 53.6. The van der Waals surface area contributed by atoms with Gasteiger partial charge in [0.2, 0.25) is 5.91 Å². The smallest absolute Gasteiger partial charge is 0.470 e. The minimum Gasteiger partial charge on any atom is -0.480 e. The summed E-state index contributed by atoms with van der Waals surface area (Å²) in [6, 6.07) is 7.04. The van der Waals surface area contributed by atoms with Crippen molar-refractivity contribution in [2.75, 3.05) is 19.7 Å². The van der Waals surface area contributed by atoms with Crippen molar-refractivity contribution in [3.05, 3.63) is 35.9 Å². The monoisotopic (exact) mass is 533 g/mol. The van der Waals surface area contributed by atoms with Crippen molar-refractivity contribution in [3.63, 3.8) is 0 Å². The van der Waals surface area contributed by atoms with E-state index < -0.39 is 62.2 Å². The summed E-state index contributed by atoms with van der Waals surface area (Å²) in [5, 5.41) is 37.3. The van der Waals surface area contributed by atoms with E-state index in [9.17, 15) is 34.3 Å². The molecule has 1 aliphatic heterocycles. The molecule has 202 valence electrons. The van der Waals surface area contributed by atoms with Crippen LogP contribution in [0.3, 0.4) is 0 Å². The number of hydrogen-bond acceptors (Lipinski definition) is 9. The van der Waals surface area contributed by atoms with Gasteiger partial charge in [0.25, 0.3) is 5.91 Å². The number of phosphoric ester groups is 1. The first kappa shape index (κ1) is 29.8. The molecule has 1 aromatic carbocycles. The fourth-order valence-corrected chi connectivity index (χ4v) is 4.14. The molecule has 0 radical (unpaired) electrons. The lowest BCUT2D eigenvalue weighted by molar-refractivity contribution is -0.237. The number of benzene rings is 1. The van der Waals surface area contributed by atoms with Crippen LogP contribution in [0.15, 0.2) is 30.3 Å².